The molecule has 0 bridgehead atoms. The maximum Gasteiger partial charge on any atom is 0.220 e. The Labute approximate surface area is 124 Å². The molecule has 1 aromatic carbocycles. The van der Waals surface area contributed by atoms with Gasteiger partial charge < -0.3 is 15.7 Å². The van der Waals surface area contributed by atoms with Crippen molar-refractivity contribution < 1.29 is 14.3 Å². The average Bonchev–Trinajstić information content (AvgIpc) is 2.52. The molecule has 0 aromatic heterocycles. The first-order valence-electron chi connectivity index (χ1n) is 7.56. The smallest absolute Gasteiger partial charge is 0.220 e. The molecule has 1 atom stereocenters. The molecule has 1 unspecified atom stereocenters. The van der Waals surface area contributed by atoms with Gasteiger partial charge in [-0.2, -0.15) is 0 Å². The highest BCUT2D eigenvalue weighted by molar-refractivity contribution is 5.75. The van der Waals surface area contributed by atoms with E-state index in [-0.39, 0.29) is 18.0 Å². The summed E-state index contributed by atoms with van der Waals surface area (Å²) in [6.07, 6.45) is 2.57. The summed E-state index contributed by atoms with van der Waals surface area (Å²) in [5.41, 5.74) is 0.219. The molecule has 1 saturated heterocycles. The maximum absolute atomic E-state index is 13.5. The lowest BCUT2D eigenvalue weighted by molar-refractivity contribution is -0.121. The molecule has 1 fully saturated rings. The molecule has 0 spiro atoms. The first-order chi connectivity index (χ1) is 10.2. The largest absolute Gasteiger partial charge is 0.386 e. The van der Waals surface area contributed by atoms with Gasteiger partial charge in [-0.15, -0.1) is 0 Å². The number of carbonyl (C=O) groups excluding carboxylic acids is 1. The molecule has 1 aliphatic rings. The van der Waals surface area contributed by atoms with Crippen LogP contribution in [0.3, 0.4) is 0 Å². The predicted octanol–water partition coefficient (Wildman–Crippen LogP) is 1.76. The zero-order chi connectivity index (χ0) is 15.1. The van der Waals surface area contributed by atoms with E-state index < -0.39 is 11.9 Å². The van der Waals surface area contributed by atoms with Gasteiger partial charge in [-0.05, 0) is 44.3 Å². The van der Waals surface area contributed by atoms with Crippen molar-refractivity contribution in [3.63, 3.8) is 0 Å². The quantitative estimate of drug-likeness (QED) is 0.749. The van der Waals surface area contributed by atoms with Gasteiger partial charge in [0.15, 0.2) is 0 Å². The monoisotopic (exact) mass is 294 g/mol. The Morgan fingerprint density at radius 2 is 2.10 bits per heavy atom. The first kappa shape index (κ1) is 15.9. The Bertz CT molecular complexity index is 461. The summed E-state index contributed by atoms with van der Waals surface area (Å²) in [7, 11) is 0. The third-order valence-corrected chi connectivity index (χ3v) is 4.00. The maximum atomic E-state index is 13.5. The van der Waals surface area contributed by atoms with E-state index in [2.05, 4.69) is 10.6 Å². The predicted molar refractivity (Wildman–Crippen MR) is 79.2 cm³/mol. The number of aliphatic hydroxyl groups excluding tert-OH is 1. The molecule has 1 amide bonds. The van der Waals surface area contributed by atoms with Gasteiger partial charge in [0.1, 0.15) is 5.82 Å². The van der Waals surface area contributed by atoms with Gasteiger partial charge in [-0.25, -0.2) is 4.39 Å². The van der Waals surface area contributed by atoms with Crippen molar-refractivity contribution in [2.75, 3.05) is 19.6 Å². The molecule has 1 aliphatic heterocycles. The van der Waals surface area contributed by atoms with E-state index in [0.717, 1.165) is 32.4 Å². The lowest BCUT2D eigenvalue weighted by Gasteiger charge is -2.22. The third kappa shape index (κ3) is 5.10. The Morgan fingerprint density at radius 3 is 2.81 bits per heavy atom. The van der Waals surface area contributed by atoms with Crippen LogP contribution in [0, 0.1) is 11.7 Å². The van der Waals surface area contributed by atoms with Crippen LogP contribution < -0.4 is 10.6 Å². The second kappa shape index (κ2) is 8.10. The van der Waals surface area contributed by atoms with E-state index in [0.29, 0.717) is 12.3 Å². The molecule has 1 aromatic rings. The highest BCUT2D eigenvalue weighted by atomic mass is 19.1. The van der Waals surface area contributed by atoms with Crippen LogP contribution in [0.1, 0.15) is 37.4 Å². The number of hydrogen-bond donors (Lipinski definition) is 3. The Balaban J connectivity index is 1.69. The van der Waals surface area contributed by atoms with Gasteiger partial charge in [-0.3, -0.25) is 4.79 Å². The van der Waals surface area contributed by atoms with E-state index in [4.69, 9.17) is 0 Å². The second-order valence-corrected chi connectivity index (χ2v) is 5.57. The molecule has 21 heavy (non-hydrogen) atoms. The molecule has 116 valence electrons. The molecular weight excluding hydrogens is 271 g/mol. The van der Waals surface area contributed by atoms with Crippen LogP contribution in [-0.4, -0.2) is 30.6 Å². The van der Waals surface area contributed by atoms with Crippen molar-refractivity contribution in [1.29, 1.82) is 0 Å². The third-order valence-electron chi connectivity index (χ3n) is 4.00. The number of benzene rings is 1. The Kier molecular flexibility index (Phi) is 6.14. The van der Waals surface area contributed by atoms with Crippen molar-refractivity contribution in [3.8, 4) is 0 Å². The number of carbonyl (C=O) groups is 1. The van der Waals surface area contributed by atoms with Gasteiger partial charge >= 0.3 is 0 Å². The number of piperidine rings is 1. The number of amides is 1. The molecule has 3 N–H and O–H groups in total. The summed E-state index contributed by atoms with van der Waals surface area (Å²) < 4.78 is 13.5. The fourth-order valence-corrected chi connectivity index (χ4v) is 2.66. The first-order valence-corrected chi connectivity index (χ1v) is 7.56. The van der Waals surface area contributed by atoms with Crippen LogP contribution in [0.25, 0.3) is 0 Å². The highest BCUT2D eigenvalue weighted by Gasteiger charge is 2.16. The summed E-state index contributed by atoms with van der Waals surface area (Å²) in [5.74, 6) is 0.0753. The lowest BCUT2D eigenvalue weighted by atomic mass is 9.93. The van der Waals surface area contributed by atoms with Crippen molar-refractivity contribution in [3.05, 3.63) is 35.6 Å². The van der Waals surface area contributed by atoms with E-state index in [9.17, 15) is 14.3 Å². The van der Waals surface area contributed by atoms with Gasteiger partial charge in [0.2, 0.25) is 5.91 Å². The summed E-state index contributed by atoms with van der Waals surface area (Å²) in [4.78, 5) is 11.8. The van der Waals surface area contributed by atoms with E-state index in [1.165, 1.54) is 12.1 Å². The topological polar surface area (TPSA) is 61.4 Å². The van der Waals surface area contributed by atoms with Crippen LogP contribution >= 0.6 is 0 Å². The molecule has 1 heterocycles. The fraction of sp³-hybridized carbons (Fsp3) is 0.562. The van der Waals surface area contributed by atoms with Crippen LogP contribution in [-0.2, 0) is 4.79 Å². The Morgan fingerprint density at radius 1 is 1.38 bits per heavy atom. The molecule has 5 heteroatoms. The standard InChI is InChI=1S/C16H23FN2O2/c17-14-4-2-1-3-13(14)15(20)11-19-16(21)6-5-12-7-9-18-10-8-12/h1-4,12,15,18,20H,5-11H2,(H,19,21). The summed E-state index contributed by atoms with van der Waals surface area (Å²) >= 11 is 0. The SMILES string of the molecule is O=C(CCC1CCNCC1)NCC(O)c1ccccc1F. The number of rotatable bonds is 6. The molecule has 0 aliphatic carbocycles. The summed E-state index contributed by atoms with van der Waals surface area (Å²) in [6.45, 7) is 2.10. The number of aliphatic hydroxyl groups is 1. The van der Waals surface area contributed by atoms with E-state index >= 15 is 0 Å². The minimum atomic E-state index is -1.01. The average molecular weight is 294 g/mol. The van der Waals surface area contributed by atoms with Gasteiger partial charge in [0, 0.05) is 18.5 Å². The van der Waals surface area contributed by atoms with Gasteiger partial charge in [0.05, 0.1) is 6.10 Å². The number of nitrogens with one attached hydrogen (secondary N) is 2. The minimum absolute atomic E-state index is 0.0476. The molecular formula is C16H23FN2O2. The fourth-order valence-electron chi connectivity index (χ4n) is 2.66. The van der Waals surface area contributed by atoms with E-state index in [1.54, 1.807) is 12.1 Å². The van der Waals surface area contributed by atoms with Crippen LogP contribution in [0.4, 0.5) is 4.39 Å². The summed E-state index contributed by atoms with van der Waals surface area (Å²) in [5, 5.41) is 15.9. The lowest BCUT2D eigenvalue weighted by Crippen LogP contribution is -2.31. The number of halogens is 1. The zero-order valence-electron chi connectivity index (χ0n) is 12.1. The van der Waals surface area contributed by atoms with Crippen LogP contribution in [0.15, 0.2) is 24.3 Å². The number of hydrogen-bond acceptors (Lipinski definition) is 3. The van der Waals surface area contributed by atoms with Crippen LogP contribution in [0.2, 0.25) is 0 Å². The summed E-state index contributed by atoms with van der Waals surface area (Å²) in [6, 6.07) is 6.07. The molecule has 4 nitrogen and oxygen atoms in total. The molecule has 0 radical (unpaired) electrons. The zero-order valence-corrected chi connectivity index (χ0v) is 12.1. The molecule has 0 saturated carbocycles. The van der Waals surface area contributed by atoms with Crippen molar-refractivity contribution in [2.24, 2.45) is 5.92 Å². The second-order valence-electron chi connectivity index (χ2n) is 5.57. The minimum Gasteiger partial charge on any atom is -0.386 e. The van der Waals surface area contributed by atoms with Crippen molar-refractivity contribution in [1.82, 2.24) is 10.6 Å². The molecule has 2 rings (SSSR count). The normalized spacial score (nSPS) is 17.4. The highest BCUT2D eigenvalue weighted by Crippen LogP contribution is 2.18. The van der Waals surface area contributed by atoms with Gasteiger partial charge in [0.25, 0.3) is 0 Å². The van der Waals surface area contributed by atoms with Crippen LogP contribution in [0.5, 0.6) is 0 Å². The van der Waals surface area contributed by atoms with Crippen molar-refractivity contribution in [2.45, 2.75) is 31.8 Å². The van der Waals surface area contributed by atoms with Crippen molar-refractivity contribution >= 4 is 5.91 Å². The van der Waals surface area contributed by atoms with E-state index in [1.807, 2.05) is 0 Å². The van der Waals surface area contributed by atoms with Gasteiger partial charge in [-0.1, -0.05) is 18.2 Å². The Hall–Kier alpha value is -1.46.